The normalized spacial score (nSPS) is 20.1. The highest BCUT2D eigenvalue weighted by molar-refractivity contribution is 5.91. The number of aromatic amines is 1. The van der Waals surface area contributed by atoms with Gasteiger partial charge in [0.25, 0.3) is 5.56 Å². The minimum atomic E-state index is -0.0893. The van der Waals surface area contributed by atoms with Gasteiger partial charge in [-0.05, 0) is 49.1 Å². The quantitative estimate of drug-likeness (QED) is 0.654. The number of nitrogens with zero attached hydrogens (tertiary/aromatic N) is 2. The molecule has 1 aliphatic carbocycles. The number of benzene rings is 1. The van der Waals surface area contributed by atoms with Gasteiger partial charge >= 0.3 is 0 Å². The summed E-state index contributed by atoms with van der Waals surface area (Å²) in [5, 5.41) is 12.4. The smallest absolute Gasteiger partial charge is 0.261 e. The van der Waals surface area contributed by atoms with Gasteiger partial charge in [0.1, 0.15) is 5.39 Å². The summed E-state index contributed by atoms with van der Waals surface area (Å²) < 4.78 is 2.07. The lowest BCUT2D eigenvalue weighted by Gasteiger charge is -2.22. The maximum atomic E-state index is 12.6. The van der Waals surface area contributed by atoms with Crippen molar-refractivity contribution in [2.75, 3.05) is 5.32 Å². The fourth-order valence-corrected chi connectivity index (χ4v) is 4.56. The first kappa shape index (κ1) is 16.6. The van der Waals surface area contributed by atoms with Gasteiger partial charge in [-0.2, -0.15) is 5.10 Å². The molecule has 3 aromatic rings. The molecular weight excluding hydrogens is 338 g/mol. The SMILES string of the molecule is CC1NCc2cc(Nc3nn(C4CCCCC4)c4cc[nH]c(=O)c34)ccc21. The Labute approximate surface area is 158 Å². The summed E-state index contributed by atoms with van der Waals surface area (Å²) >= 11 is 0. The molecule has 2 aromatic heterocycles. The Hall–Kier alpha value is -2.60. The summed E-state index contributed by atoms with van der Waals surface area (Å²) in [5.41, 5.74) is 4.45. The fourth-order valence-electron chi connectivity index (χ4n) is 4.56. The molecule has 1 aromatic carbocycles. The van der Waals surface area contributed by atoms with Crippen LogP contribution in [0.15, 0.2) is 35.3 Å². The molecule has 6 nitrogen and oxygen atoms in total. The molecule has 1 fully saturated rings. The van der Waals surface area contributed by atoms with Crippen molar-refractivity contribution in [1.29, 1.82) is 0 Å². The summed E-state index contributed by atoms with van der Waals surface area (Å²) in [6.45, 7) is 3.06. The van der Waals surface area contributed by atoms with E-state index in [1.165, 1.54) is 30.4 Å². The zero-order valence-corrected chi connectivity index (χ0v) is 15.6. The number of rotatable bonds is 3. The second-order valence-corrected chi connectivity index (χ2v) is 7.79. The average Bonchev–Trinajstić information content (AvgIpc) is 3.24. The Morgan fingerprint density at radius 3 is 2.89 bits per heavy atom. The monoisotopic (exact) mass is 363 g/mol. The number of anilines is 2. The largest absolute Gasteiger partial charge is 0.338 e. The van der Waals surface area contributed by atoms with Crippen molar-refractivity contribution < 1.29 is 0 Å². The molecule has 5 rings (SSSR count). The Balaban J connectivity index is 1.56. The summed E-state index contributed by atoms with van der Waals surface area (Å²) in [6, 6.07) is 9.14. The van der Waals surface area contributed by atoms with Crippen LogP contribution < -0.4 is 16.2 Å². The molecule has 0 spiro atoms. The molecule has 3 heterocycles. The number of fused-ring (bicyclic) bond motifs is 2. The number of hydrogen-bond donors (Lipinski definition) is 3. The van der Waals surface area contributed by atoms with E-state index in [0.29, 0.717) is 23.3 Å². The molecule has 6 heteroatoms. The molecule has 1 atom stereocenters. The van der Waals surface area contributed by atoms with Gasteiger partial charge in [-0.25, -0.2) is 0 Å². The van der Waals surface area contributed by atoms with Gasteiger partial charge in [0.2, 0.25) is 0 Å². The van der Waals surface area contributed by atoms with E-state index in [2.05, 4.69) is 45.4 Å². The van der Waals surface area contributed by atoms with E-state index in [-0.39, 0.29) is 5.56 Å². The highest BCUT2D eigenvalue weighted by Gasteiger charge is 2.23. The standard InChI is InChI=1S/C21H25N5O/c1-13-17-8-7-15(11-14(17)12-23-13)24-20-19-18(9-10-22-21(19)27)26(25-20)16-5-3-2-4-6-16/h7-11,13,16,23H,2-6,12H2,1H3,(H,22,27)(H,24,25). The molecule has 0 radical (unpaired) electrons. The zero-order valence-electron chi connectivity index (χ0n) is 15.6. The lowest BCUT2D eigenvalue weighted by Crippen LogP contribution is -2.14. The second-order valence-electron chi connectivity index (χ2n) is 7.79. The van der Waals surface area contributed by atoms with E-state index in [4.69, 9.17) is 5.10 Å². The lowest BCUT2D eigenvalue weighted by atomic mass is 9.95. The Bertz CT molecular complexity index is 1040. The molecule has 0 bridgehead atoms. The van der Waals surface area contributed by atoms with Crippen molar-refractivity contribution in [2.45, 2.75) is 57.7 Å². The fraction of sp³-hybridized carbons (Fsp3) is 0.429. The van der Waals surface area contributed by atoms with E-state index in [1.54, 1.807) is 6.20 Å². The van der Waals surface area contributed by atoms with Crippen molar-refractivity contribution in [1.82, 2.24) is 20.1 Å². The molecule has 1 aliphatic heterocycles. The van der Waals surface area contributed by atoms with Crippen molar-refractivity contribution in [3.63, 3.8) is 0 Å². The number of hydrogen-bond acceptors (Lipinski definition) is 4. The highest BCUT2D eigenvalue weighted by Crippen LogP contribution is 2.33. The molecule has 3 N–H and O–H groups in total. The van der Waals surface area contributed by atoms with Crippen molar-refractivity contribution in [3.05, 3.63) is 51.9 Å². The van der Waals surface area contributed by atoms with Crippen molar-refractivity contribution in [2.24, 2.45) is 0 Å². The Morgan fingerprint density at radius 2 is 2.04 bits per heavy atom. The van der Waals surface area contributed by atoms with Crippen LogP contribution in [0.25, 0.3) is 10.9 Å². The maximum absolute atomic E-state index is 12.6. The second kappa shape index (κ2) is 6.53. The maximum Gasteiger partial charge on any atom is 0.261 e. The Morgan fingerprint density at radius 1 is 1.19 bits per heavy atom. The van der Waals surface area contributed by atoms with Crippen LogP contribution in [0, 0.1) is 0 Å². The van der Waals surface area contributed by atoms with Gasteiger partial charge in [-0.3, -0.25) is 9.48 Å². The van der Waals surface area contributed by atoms with Crippen LogP contribution in [0.2, 0.25) is 0 Å². The van der Waals surface area contributed by atoms with E-state index in [9.17, 15) is 4.79 Å². The van der Waals surface area contributed by atoms with Gasteiger partial charge in [-0.1, -0.05) is 25.3 Å². The van der Waals surface area contributed by atoms with Crippen LogP contribution in [0.1, 0.15) is 62.2 Å². The molecule has 1 saturated carbocycles. The van der Waals surface area contributed by atoms with Gasteiger partial charge < -0.3 is 15.6 Å². The lowest BCUT2D eigenvalue weighted by molar-refractivity contribution is 0.338. The van der Waals surface area contributed by atoms with Gasteiger partial charge in [0.15, 0.2) is 5.82 Å². The third kappa shape index (κ3) is 2.84. The Kier molecular flexibility index (Phi) is 4.01. The van der Waals surface area contributed by atoms with Crippen LogP contribution in [0.3, 0.4) is 0 Å². The van der Waals surface area contributed by atoms with E-state index in [1.807, 2.05) is 6.07 Å². The number of H-pyrrole nitrogens is 1. The molecule has 2 aliphatic rings. The number of pyridine rings is 1. The van der Waals surface area contributed by atoms with Crippen LogP contribution in [0.4, 0.5) is 11.5 Å². The molecule has 140 valence electrons. The summed E-state index contributed by atoms with van der Waals surface area (Å²) in [4.78, 5) is 15.4. The zero-order chi connectivity index (χ0) is 18.4. The van der Waals surface area contributed by atoms with Crippen molar-refractivity contribution in [3.8, 4) is 0 Å². The van der Waals surface area contributed by atoms with Gasteiger partial charge in [0.05, 0.1) is 11.6 Å². The molecule has 27 heavy (non-hydrogen) atoms. The predicted octanol–water partition coefficient (Wildman–Crippen LogP) is 4.14. The summed E-state index contributed by atoms with van der Waals surface area (Å²) in [6.07, 6.45) is 7.74. The molecule has 0 amide bonds. The average molecular weight is 363 g/mol. The van der Waals surface area contributed by atoms with E-state index < -0.39 is 0 Å². The third-order valence-electron chi connectivity index (χ3n) is 6.02. The summed E-state index contributed by atoms with van der Waals surface area (Å²) in [5.74, 6) is 0.649. The molecular formula is C21H25N5O. The predicted molar refractivity (Wildman–Crippen MR) is 107 cm³/mol. The first-order valence-corrected chi connectivity index (χ1v) is 9.94. The van der Waals surface area contributed by atoms with Crippen LogP contribution in [-0.4, -0.2) is 14.8 Å². The van der Waals surface area contributed by atoms with Crippen LogP contribution >= 0.6 is 0 Å². The van der Waals surface area contributed by atoms with Gasteiger partial charge in [-0.15, -0.1) is 0 Å². The van der Waals surface area contributed by atoms with Crippen LogP contribution in [-0.2, 0) is 6.54 Å². The minimum absolute atomic E-state index is 0.0893. The molecule has 1 unspecified atom stereocenters. The topological polar surface area (TPSA) is 74.7 Å². The summed E-state index contributed by atoms with van der Waals surface area (Å²) in [7, 11) is 0. The van der Waals surface area contributed by atoms with Gasteiger partial charge in [0, 0.05) is 24.5 Å². The third-order valence-corrected chi connectivity index (χ3v) is 6.02. The van der Waals surface area contributed by atoms with Crippen molar-refractivity contribution >= 4 is 22.4 Å². The first-order chi connectivity index (χ1) is 13.2. The number of nitrogens with one attached hydrogen (secondary N) is 3. The first-order valence-electron chi connectivity index (χ1n) is 9.94. The number of aromatic nitrogens is 3. The van der Waals surface area contributed by atoms with Crippen LogP contribution in [0.5, 0.6) is 0 Å². The molecule has 0 saturated heterocycles. The highest BCUT2D eigenvalue weighted by atomic mass is 16.1. The van der Waals surface area contributed by atoms with E-state index in [0.717, 1.165) is 30.6 Å². The van der Waals surface area contributed by atoms with E-state index >= 15 is 0 Å². The minimum Gasteiger partial charge on any atom is -0.338 e.